The molecule has 1 saturated carbocycles. The molecule has 1 spiro atoms. The summed E-state index contributed by atoms with van der Waals surface area (Å²) in [6, 6.07) is 10.0. The van der Waals surface area contributed by atoms with Crippen molar-refractivity contribution >= 4 is 22.6 Å². The molecule has 1 unspecified atom stereocenters. The first-order valence-electron chi connectivity index (χ1n) is 14.3. The Kier molecular flexibility index (Phi) is 7.76. The summed E-state index contributed by atoms with van der Waals surface area (Å²) in [7, 11) is 3.76. The van der Waals surface area contributed by atoms with Crippen molar-refractivity contribution in [1.29, 1.82) is 0 Å². The fourth-order valence-electron chi connectivity index (χ4n) is 6.91. The fraction of sp³-hybridized carbons (Fsp3) is 0.548. The minimum absolute atomic E-state index is 0.0661. The molecule has 0 bridgehead atoms. The topological polar surface area (TPSA) is 114 Å². The van der Waals surface area contributed by atoms with Crippen LogP contribution in [0, 0.1) is 10.8 Å². The number of likely N-dealkylation sites (tertiary alicyclic amines) is 1. The number of hydrogen-bond donors (Lipinski definition) is 2. The minimum atomic E-state index is -0.603. The SMILES string of the molecule is CCC(=O)CCCCC[C@H](c1ncc(-c2cc3ccccc3nc2OC)[nH]1)C1(C(N)=O)CC12CCN(C)CC2. The minimum Gasteiger partial charge on any atom is -0.480 e. The number of hydrogen-bond acceptors (Lipinski definition) is 6. The van der Waals surface area contributed by atoms with Crippen LogP contribution in [0.5, 0.6) is 5.88 Å². The number of rotatable bonds is 12. The van der Waals surface area contributed by atoms with Gasteiger partial charge in [-0.3, -0.25) is 9.59 Å². The van der Waals surface area contributed by atoms with Gasteiger partial charge in [-0.25, -0.2) is 9.97 Å². The van der Waals surface area contributed by atoms with Crippen LogP contribution in [0.1, 0.15) is 76.5 Å². The molecule has 1 aliphatic heterocycles. The number of piperidine rings is 1. The van der Waals surface area contributed by atoms with E-state index in [1.165, 1.54) is 0 Å². The van der Waals surface area contributed by atoms with Gasteiger partial charge in [0.05, 0.1) is 35.5 Å². The van der Waals surface area contributed by atoms with Crippen LogP contribution < -0.4 is 10.5 Å². The Morgan fingerprint density at radius 1 is 1.18 bits per heavy atom. The third-order valence-electron chi connectivity index (χ3n) is 9.36. The van der Waals surface area contributed by atoms with E-state index in [-0.39, 0.29) is 17.2 Å². The summed E-state index contributed by atoms with van der Waals surface area (Å²) >= 11 is 0. The molecule has 8 nitrogen and oxygen atoms in total. The molecule has 0 radical (unpaired) electrons. The number of fused-ring (bicyclic) bond motifs is 1. The smallest absolute Gasteiger partial charge is 0.224 e. The maximum Gasteiger partial charge on any atom is 0.224 e. The molecule has 3 N–H and O–H groups in total. The molecule has 3 heterocycles. The number of primary amides is 1. The van der Waals surface area contributed by atoms with Crippen LogP contribution in [0.4, 0.5) is 0 Å². The number of nitrogens with two attached hydrogens (primary N) is 1. The lowest BCUT2D eigenvalue weighted by molar-refractivity contribution is -0.126. The highest BCUT2D eigenvalue weighted by Crippen LogP contribution is 2.74. The first kappa shape index (κ1) is 27.3. The third-order valence-corrected chi connectivity index (χ3v) is 9.36. The zero-order valence-corrected chi connectivity index (χ0v) is 23.5. The number of pyridine rings is 1. The van der Waals surface area contributed by atoms with Crippen LogP contribution in [0.3, 0.4) is 0 Å². The summed E-state index contributed by atoms with van der Waals surface area (Å²) in [6.45, 7) is 3.87. The van der Waals surface area contributed by atoms with E-state index < -0.39 is 5.41 Å². The number of imidazole rings is 1. The number of carbonyl (C=O) groups excluding carboxylic acids is 2. The van der Waals surface area contributed by atoms with Gasteiger partial charge in [-0.15, -0.1) is 0 Å². The highest BCUT2D eigenvalue weighted by molar-refractivity contribution is 5.87. The molecule has 2 atom stereocenters. The molecular formula is C31H41N5O3. The number of aromatic amines is 1. The van der Waals surface area contributed by atoms with E-state index in [9.17, 15) is 9.59 Å². The second kappa shape index (κ2) is 11.1. The highest BCUT2D eigenvalue weighted by Gasteiger charge is 2.74. The summed E-state index contributed by atoms with van der Waals surface area (Å²) in [6.07, 6.45) is 9.36. The summed E-state index contributed by atoms with van der Waals surface area (Å²) in [5, 5.41) is 1.02. The lowest BCUT2D eigenvalue weighted by Crippen LogP contribution is -2.41. The molecule has 2 aliphatic rings. The van der Waals surface area contributed by atoms with Crippen LogP contribution in [0.15, 0.2) is 36.5 Å². The number of ether oxygens (including phenoxy) is 1. The predicted molar refractivity (Wildman–Crippen MR) is 152 cm³/mol. The van der Waals surface area contributed by atoms with Crippen molar-refractivity contribution in [2.75, 3.05) is 27.2 Å². The van der Waals surface area contributed by atoms with Gasteiger partial charge in [-0.1, -0.05) is 38.0 Å². The first-order chi connectivity index (χ1) is 18.8. The molecule has 5 rings (SSSR count). The Hall–Kier alpha value is -3.26. The van der Waals surface area contributed by atoms with E-state index in [0.717, 1.165) is 86.0 Å². The normalized spacial score (nSPS) is 21.2. The van der Waals surface area contributed by atoms with Gasteiger partial charge in [0.25, 0.3) is 0 Å². The van der Waals surface area contributed by atoms with Crippen LogP contribution in [0.2, 0.25) is 0 Å². The van der Waals surface area contributed by atoms with Crippen LogP contribution in [-0.2, 0) is 9.59 Å². The van der Waals surface area contributed by atoms with Crippen molar-refractivity contribution < 1.29 is 14.3 Å². The number of aromatic nitrogens is 3. The number of para-hydroxylation sites is 1. The van der Waals surface area contributed by atoms with Crippen LogP contribution in [-0.4, -0.2) is 58.8 Å². The van der Waals surface area contributed by atoms with E-state index in [1.54, 1.807) is 7.11 Å². The fourth-order valence-corrected chi connectivity index (χ4v) is 6.91. The number of H-pyrrole nitrogens is 1. The number of amides is 1. The quantitative estimate of drug-likeness (QED) is 0.309. The maximum absolute atomic E-state index is 13.3. The zero-order valence-electron chi connectivity index (χ0n) is 23.5. The lowest BCUT2D eigenvalue weighted by Gasteiger charge is -2.35. The molecule has 1 aliphatic carbocycles. The molecule has 1 saturated heterocycles. The molecule has 1 amide bonds. The Morgan fingerprint density at radius 2 is 1.95 bits per heavy atom. The number of nitrogens with zero attached hydrogens (tertiary/aromatic N) is 3. The number of methoxy groups -OCH3 is 1. The van der Waals surface area contributed by atoms with Crippen molar-refractivity contribution in [1.82, 2.24) is 19.9 Å². The number of carbonyl (C=O) groups is 2. The van der Waals surface area contributed by atoms with Crippen LogP contribution in [0.25, 0.3) is 22.2 Å². The summed E-state index contributed by atoms with van der Waals surface area (Å²) < 4.78 is 5.65. The van der Waals surface area contributed by atoms with E-state index in [1.807, 2.05) is 37.4 Å². The largest absolute Gasteiger partial charge is 0.480 e. The molecule has 39 heavy (non-hydrogen) atoms. The maximum atomic E-state index is 13.3. The summed E-state index contributed by atoms with van der Waals surface area (Å²) in [5.74, 6) is 1.33. The van der Waals surface area contributed by atoms with Crippen molar-refractivity contribution in [2.45, 2.75) is 70.6 Å². The molecule has 2 fully saturated rings. The Morgan fingerprint density at radius 3 is 2.67 bits per heavy atom. The number of nitrogens with one attached hydrogen (secondary N) is 1. The van der Waals surface area contributed by atoms with Crippen molar-refractivity contribution in [3.63, 3.8) is 0 Å². The standard InChI is InChI=1S/C31H41N5O3/c1-4-22(37)11-6-5-7-12-24(31(29(32)38)20-30(31)14-16-36(2)17-15-30)27-33-19-26(34-27)23-18-21-10-8-9-13-25(21)35-28(23)39-3/h8-10,13,18-19,24H,4-7,11-12,14-17,20H2,1-3H3,(H2,32,38)(H,33,34)/t24-,31?/m1/s1. The van der Waals surface area contributed by atoms with Gasteiger partial charge in [0, 0.05) is 24.1 Å². The Balaban J connectivity index is 1.46. The summed E-state index contributed by atoms with van der Waals surface area (Å²) in [4.78, 5) is 40.5. The van der Waals surface area contributed by atoms with E-state index in [2.05, 4.69) is 23.0 Å². The second-order valence-electron chi connectivity index (χ2n) is 11.6. The van der Waals surface area contributed by atoms with Crippen molar-refractivity contribution in [3.8, 4) is 17.1 Å². The molecule has 2 aromatic heterocycles. The molecule has 208 valence electrons. The molecule has 8 heteroatoms. The van der Waals surface area contributed by atoms with E-state index in [0.29, 0.717) is 24.5 Å². The van der Waals surface area contributed by atoms with Gasteiger partial charge in [-0.05, 0) is 69.8 Å². The van der Waals surface area contributed by atoms with Gasteiger partial charge in [0.2, 0.25) is 11.8 Å². The van der Waals surface area contributed by atoms with Crippen molar-refractivity contribution in [2.24, 2.45) is 16.6 Å². The summed E-state index contributed by atoms with van der Waals surface area (Å²) in [5.41, 5.74) is 8.11. The first-order valence-corrected chi connectivity index (χ1v) is 14.3. The van der Waals surface area contributed by atoms with Crippen LogP contribution >= 0.6 is 0 Å². The zero-order chi connectivity index (χ0) is 27.6. The second-order valence-corrected chi connectivity index (χ2v) is 11.6. The Labute approximate surface area is 230 Å². The van der Waals surface area contributed by atoms with E-state index in [4.69, 9.17) is 20.4 Å². The number of Topliss-reactive ketones (excluding diaryl/α,β-unsaturated/α-hetero) is 1. The van der Waals surface area contributed by atoms with Gasteiger partial charge >= 0.3 is 0 Å². The van der Waals surface area contributed by atoms with Gasteiger partial charge < -0.3 is 20.4 Å². The Bertz CT molecular complexity index is 1340. The van der Waals surface area contributed by atoms with Crippen molar-refractivity contribution in [3.05, 3.63) is 42.4 Å². The number of unbranched alkanes of at least 4 members (excludes halogenated alkanes) is 2. The van der Waals surface area contributed by atoms with Gasteiger partial charge in [-0.2, -0.15) is 0 Å². The average Bonchev–Trinajstić information content (AvgIpc) is 3.33. The van der Waals surface area contributed by atoms with E-state index >= 15 is 0 Å². The number of benzene rings is 1. The van der Waals surface area contributed by atoms with Gasteiger partial charge in [0.1, 0.15) is 11.6 Å². The molecule has 3 aromatic rings. The number of ketones is 1. The van der Waals surface area contributed by atoms with Gasteiger partial charge in [0.15, 0.2) is 0 Å². The molecule has 1 aromatic carbocycles. The highest BCUT2D eigenvalue weighted by atomic mass is 16.5. The molecular weight excluding hydrogens is 490 g/mol. The average molecular weight is 532 g/mol. The predicted octanol–water partition coefficient (Wildman–Crippen LogP) is 5.23. The monoisotopic (exact) mass is 531 g/mol. The third kappa shape index (κ3) is 5.07. The lowest BCUT2D eigenvalue weighted by atomic mass is 9.74.